The van der Waals surface area contributed by atoms with Gasteiger partial charge in [-0.3, -0.25) is 4.79 Å². The third kappa shape index (κ3) is 29.7. The van der Waals surface area contributed by atoms with Crippen LogP contribution in [0.15, 0.2) is 12.2 Å². The number of allylic oxidation sites excluding steroid dienone is 2. The number of aliphatic hydroxyl groups excluding tert-OH is 5. The number of aliphatic hydroxyl groups is 5. The lowest BCUT2D eigenvalue weighted by Gasteiger charge is -2.40. The number of rotatable bonds is 41. The summed E-state index contributed by atoms with van der Waals surface area (Å²) < 4.78 is 11.3. The lowest BCUT2D eigenvalue weighted by atomic mass is 9.99. The maximum Gasteiger partial charge on any atom is 0.220 e. The lowest BCUT2D eigenvalue weighted by molar-refractivity contribution is -0.302. The molecule has 0 aliphatic carbocycles. The van der Waals surface area contributed by atoms with E-state index in [9.17, 15) is 30.3 Å². The molecule has 7 unspecified atom stereocenters. The van der Waals surface area contributed by atoms with Crippen LogP contribution in [0.5, 0.6) is 0 Å². The molecule has 1 heterocycles. The van der Waals surface area contributed by atoms with Gasteiger partial charge in [-0.1, -0.05) is 199 Å². The van der Waals surface area contributed by atoms with Crippen molar-refractivity contribution in [1.82, 2.24) is 5.32 Å². The molecular weight excluding hydrogens is 719 g/mol. The molecule has 9 nitrogen and oxygen atoms in total. The minimum absolute atomic E-state index is 0.136. The van der Waals surface area contributed by atoms with Crippen molar-refractivity contribution in [3.8, 4) is 0 Å². The number of carbonyl (C=O) groups is 1. The topological polar surface area (TPSA) is 149 Å². The lowest BCUT2D eigenvalue weighted by Crippen LogP contribution is -2.60. The Morgan fingerprint density at radius 1 is 0.579 bits per heavy atom. The minimum Gasteiger partial charge on any atom is -0.394 e. The molecule has 0 bridgehead atoms. The van der Waals surface area contributed by atoms with Gasteiger partial charge in [-0.15, -0.1) is 0 Å². The molecule has 1 amide bonds. The van der Waals surface area contributed by atoms with Crippen molar-refractivity contribution in [2.45, 2.75) is 275 Å². The van der Waals surface area contributed by atoms with Crippen molar-refractivity contribution in [3.05, 3.63) is 12.2 Å². The van der Waals surface area contributed by atoms with E-state index in [4.69, 9.17) is 9.47 Å². The highest BCUT2D eigenvalue weighted by atomic mass is 16.7. The molecule has 0 aromatic heterocycles. The highest BCUT2D eigenvalue weighted by Gasteiger charge is 2.44. The van der Waals surface area contributed by atoms with Crippen LogP contribution < -0.4 is 5.32 Å². The quantitative estimate of drug-likeness (QED) is 0.0264. The summed E-state index contributed by atoms with van der Waals surface area (Å²) in [5, 5.41) is 54.4. The van der Waals surface area contributed by atoms with Crippen LogP contribution in [0.4, 0.5) is 0 Å². The predicted molar refractivity (Wildman–Crippen MR) is 235 cm³/mol. The Morgan fingerprint density at radius 3 is 1.44 bits per heavy atom. The first-order valence-electron chi connectivity index (χ1n) is 24.4. The standard InChI is InChI=1S/C48H93NO8/c1-3-5-7-9-11-13-15-17-19-20-21-22-24-25-27-29-31-33-35-37-42(51)41(40-56-48-47(55)46(54)45(53)43(39-50)57-48)49-44(52)38-36-34-32-30-28-26-23-18-16-14-12-10-8-6-4-2/h14,16,41-43,45-48,50-51,53-55H,3-13,15,17-40H2,1-2H3,(H,49,52)/b16-14-. The van der Waals surface area contributed by atoms with Gasteiger partial charge in [0, 0.05) is 6.42 Å². The number of hydrogen-bond acceptors (Lipinski definition) is 8. The first-order valence-corrected chi connectivity index (χ1v) is 24.4. The number of nitrogens with one attached hydrogen (secondary N) is 1. The number of amides is 1. The average Bonchev–Trinajstić information content (AvgIpc) is 3.21. The molecule has 1 rings (SSSR count). The Morgan fingerprint density at radius 2 is 0.982 bits per heavy atom. The molecule has 9 heteroatoms. The first-order chi connectivity index (χ1) is 27.8. The van der Waals surface area contributed by atoms with Gasteiger partial charge in [-0.05, 0) is 38.5 Å². The zero-order chi connectivity index (χ0) is 41.6. The Labute approximate surface area is 350 Å². The van der Waals surface area contributed by atoms with E-state index in [1.807, 2.05) is 0 Å². The molecule has 0 spiro atoms. The van der Waals surface area contributed by atoms with E-state index in [1.54, 1.807) is 0 Å². The van der Waals surface area contributed by atoms with E-state index in [1.165, 1.54) is 167 Å². The fourth-order valence-electron chi connectivity index (χ4n) is 7.92. The molecule has 6 N–H and O–H groups in total. The first kappa shape index (κ1) is 53.9. The normalized spacial score (nSPS) is 21.0. The SMILES string of the molecule is CCCCCC/C=C\CCCCCCCCCC(=O)NC(COC1OC(CO)C(O)C(O)C1O)C(O)CCCCCCCCCCCCCCCCCCCCC. The predicted octanol–water partition coefficient (Wildman–Crippen LogP) is 10.5. The van der Waals surface area contributed by atoms with Gasteiger partial charge in [0.05, 0.1) is 25.4 Å². The average molecular weight is 812 g/mol. The van der Waals surface area contributed by atoms with Crippen LogP contribution in [0.2, 0.25) is 0 Å². The maximum atomic E-state index is 13.0. The summed E-state index contributed by atoms with van der Waals surface area (Å²) >= 11 is 0. The second kappa shape index (κ2) is 39.1. The second-order valence-corrected chi connectivity index (χ2v) is 17.3. The summed E-state index contributed by atoms with van der Waals surface area (Å²) in [6.45, 7) is 3.83. The molecule has 0 saturated carbocycles. The summed E-state index contributed by atoms with van der Waals surface area (Å²) in [6, 6.07) is -0.717. The van der Waals surface area contributed by atoms with Gasteiger partial charge < -0.3 is 40.3 Å². The summed E-state index contributed by atoms with van der Waals surface area (Å²) in [5.74, 6) is -0.147. The van der Waals surface area contributed by atoms with Crippen molar-refractivity contribution in [3.63, 3.8) is 0 Å². The number of hydrogen-bond donors (Lipinski definition) is 6. The fourth-order valence-corrected chi connectivity index (χ4v) is 7.92. The maximum absolute atomic E-state index is 13.0. The summed E-state index contributed by atoms with van der Waals surface area (Å²) in [7, 11) is 0. The Balaban J connectivity index is 2.29. The van der Waals surface area contributed by atoms with Gasteiger partial charge in [0.2, 0.25) is 5.91 Å². The van der Waals surface area contributed by atoms with Crippen molar-refractivity contribution in [2.75, 3.05) is 13.2 Å². The molecule has 1 fully saturated rings. The van der Waals surface area contributed by atoms with E-state index in [-0.39, 0.29) is 12.5 Å². The van der Waals surface area contributed by atoms with Gasteiger partial charge >= 0.3 is 0 Å². The number of ether oxygens (including phenoxy) is 2. The van der Waals surface area contributed by atoms with Crippen LogP contribution in [0.1, 0.15) is 232 Å². The monoisotopic (exact) mass is 812 g/mol. The van der Waals surface area contributed by atoms with Crippen molar-refractivity contribution in [2.24, 2.45) is 0 Å². The smallest absolute Gasteiger partial charge is 0.220 e. The molecule has 0 radical (unpaired) electrons. The molecule has 7 atom stereocenters. The van der Waals surface area contributed by atoms with Crippen LogP contribution >= 0.6 is 0 Å². The molecule has 338 valence electrons. The van der Waals surface area contributed by atoms with E-state index < -0.39 is 49.5 Å². The third-order valence-electron chi connectivity index (χ3n) is 11.9. The van der Waals surface area contributed by atoms with Crippen LogP contribution in [0, 0.1) is 0 Å². The highest BCUT2D eigenvalue weighted by Crippen LogP contribution is 2.23. The summed E-state index contributed by atoms with van der Waals surface area (Å²) in [5.41, 5.74) is 0. The highest BCUT2D eigenvalue weighted by molar-refractivity contribution is 5.76. The summed E-state index contributed by atoms with van der Waals surface area (Å²) in [6.07, 6.45) is 37.9. The fraction of sp³-hybridized carbons (Fsp3) is 0.938. The largest absolute Gasteiger partial charge is 0.394 e. The van der Waals surface area contributed by atoms with Crippen molar-refractivity contribution < 1.29 is 39.8 Å². The van der Waals surface area contributed by atoms with Gasteiger partial charge in [0.25, 0.3) is 0 Å². The molecule has 0 aromatic rings. The summed E-state index contributed by atoms with van der Waals surface area (Å²) in [4.78, 5) is 13.0. The molecule has 0 aromatic carbocycles. The molecular formula is C48H93NO8. The van der Waals surface area contributed by atoms with Crippen molar-refractivity contribution in [1.29, 1.82) is 0 Å². The van der Waals surface area contributed by atoms with Gasteiger partial charge in [-0.25, -0.2) is 0 Å². The molecule has 1 aliphatic rings. The minimum atomic E-state index is -1.55. The number of carbonyl (C=O) groups excluding carboxylic acids is 1. The van der Waals surface area contributed by atoms with E-state index in [0.29, 0.717) is 12.8 Å². The zero-order valence-electron chi connectivity index (χ0n) is 37.1. The molecule has 57 heavy (non-hydrogen) atoms. The Kier molecular flexibility index (Phi) is 37.0. The molecule has 1 saturated heterocycles. The van der Waals surface area contributed by atoms with Crippen molar-refractivity contribution >= 4 is 5.91 Å². The van der Waals surface area contributed by atoms with Gasteiger partial charge in [0.1, 0.15) is 24.4 Å². The zero-order valence-corrected chi connectivity index (χ0v) is 37.1. The van der Waals surface area contributed by atoms with E-state index >= 15 is 0 Å². The second-order valence-electron chi connectivity index (χ2n) is 17.3. The van der Waals surface area contributed by atoms with Crippen LogP contribution in [-0.2, 0) is 14.3 Å². The molecule has 1 aliphatic heterocycles. The Hall–Kier alpha value is -1.07. The van der Waals surface area contributed by atoms with E-state index in [0.717, 1.165) is 38.5 Å². The van der Waals surface area contributed by atoms with Crippen LogP contribution in [0.25, 0.3) is 0 Å². The number of unbranched alkanes of at least 4 members (excludes halogenated alkanes) is 29. The third-order valence-corrected chi connectivity index (χ3v) is 11.9. The van der Waals surface area contributed by atoms with E-state index in [2.05, 4.69) is 31.3 Å². The van der Waals surface area contributed by atoms with Gasteiger partial charge in [0.15, 0.2) is 6.29 Å². The van der Waals surface area contributed by atoms with Crippen LogP contribution in [-0.4, -0.2) is 87.5 Å². The van der Waals surface area contributed by atoms with Gasteiger partial charge in [-0.2, -0.15) is 0 Å². The van der Waals surface area contributed by atoms with Crippen LogP contribution in [0.3, 0.4) is 0 Å². The Bertz CT molecular complexity index is 904.